The highest BCUT2D eigenvalue weighted by molar-refractivity contribution is 6.33. The fourth-order valence-corrected chi connectivity index (χ4v) is 5.99. The number of Topliss-reactive ketones (excluding diaryl/α,β-unsaturated/α-hetero) is 2. The highest BCUT2D eigenvalue weighted by Gasteiger charge is 2.70. The van der Waals surface area contributed by atoms with Gasteiger partial charge in [0.15, 0.2) is 5.60 Å². The van der Waals surface area contributed by atoms with E-state index in [0.717, 1.165) is 0 Å². The molecule has 0 radical (unpaired) electrons. The van der Waals surface area contributed by atoms with E-state index in [2.05, 4.69) is 0 Å². The molecule has 0 bridgehead atoms. The lowest BCUT2D eigenvalue weighted by molar-refractivity contribution is -0.169. The number of fused-ring (bicyclic) bond motifs is 3. The first-order valence-electron chi connectivity index (χ1n) is 10.6. The largest absolute Gasteiger partial charge is 0.509 e. The molecule has 0 aliphatic heterocycles. The lowest BCUT2D eigenvalue weighted by Crippen LogP contribution is -2.72. The molecule has 1 fully saturated rings. The molecule has 1 amide bonds. The SMILES string of the molecule is CN(C)[C@]1(C)C(O)=C(C(N)=O)C(=O)[C@@]2(O)C(=O)C3=C(O)c4c(O)cccc4C(C)(C)C3CC21. The van der Waals surface area contributed by atoms with Crippen molar-refractivity contribution in [1.82, 2.24) is 4.90 Å². The number of hydrogen-bond acceptors (Lipinski definition) is 8. The number of likely N-dealkylation sites (N-methyl/N-ethyl adjacent to an activating group) is 1. The summed E-state index contributed by atoms with van der Waals surface area (Å²) in [4.78, 5) is 40.9. The number of rotatable bonds is 2. The van der Waals surface area contributed by atoms with Gasteiger partial charge in [-0.2, -0.15) is 0 Å². The number of aliphatic hydroxyl groups is 3. The van der Waals surface area contributed by atoms with E-state index < -0.39 is 63.0 Å². The molecule has 6 N–H and O–H groups in total. The topological polar surface area (TPSA) is 161 Å². The third kappa shape index (κ3) is 2.52. The van der Waals surface area contributed by atoms with Crippen molar-refractivity contribution in [2.24, 2.45) is 17.6 Å². The molecule has 4 rings (SSSR count). The van der Waals surface area contributed by atoms with Crippen molar-refractivity contribution in [3.63, 3.8) is 0 Å². The van der Waals surface area contributed by atoms with Gasteiger partial charge in [0.05, 0.1) is 11.1 Å². The Labute approximate surface area is 190 Å². The Hall–Kier alpha value is -3.17. The summed E-state index contributed by atoms with van der Waals surface area (Å²) in [7, 11) is 3.19. The number of phenols is 1. The van der Waals surface area contributed by atoms with Gasteiger partial charge < -0.3 is 26.2 Å². The molecule has 1 saturated carbocycles. The zero-order chi connectivity index (χ0) is 24.8. The number of primary amides is 1. The smallest absolute Gasteiger partial charge is 0.255 e. The first-order chi connectivity index (χ1) is 15.1. The second-order valence-electron chi connectivity index (χ2n) is 10.1. The summed E-state index contributed by atoms with van der Waals surface area (Å²) >= 11 is 0. The second kappa shape index (κ2) is 6.68. The first kappa shape index (κ1) is 23.0. The summed E-state index contributed by atoms with van der Waals surface area (Å²) in [5, 5.41) is 44.3. The van der Waals surface area contributed by atoms with Crippen molar-refractivity contribution in [3.8, 4) is 5.75 Å². The minimum atomic E-state index is -2.74. The van der Waals surface area contributed by atoms with E-state index in [0.29, 0.717) is 5.56 Å². The number of carbonyl (C=O) groups is 3. The summed E-state index contributed by atoms with van der Waals surface area (Å²) in [6.45, 7) is 5.23. The van der Waals surface area contributed by atoms with Crippen molar-refractivity contribution >= 4 is 23.2 Å². The van der Waals surface area contributed by atoms with Crippen molar-refractivity contribution in [3.05, 3.63) is 46.2 Å². The number of aliphatic hydroxyl groups excluding tert-OH is 2. The third-order valence-electron chi connectivity index (χ3n) is 8.16. The maximum atomic E-state index is 13.9. The van der Waals surface area contributed by atoms with E-state index in [1.807, 2.05) is 13.8 Å². The van der Waals surface area contributed by atoms with Crippen LogP contribution in [0.5, 0.6) is 5.75 Å². The minimum Gasteiger partial charge on any atom is -0.509 e. The highest BCUT2D eigenvalue weighted by Crippen LogP contribution is 2.59. The highest BCUT2D eigenvalue weighted by atomic mass is 16.3. The average molecular weight is 456 g/mol. The molecule has 1 aromatic carbocycles. The molecule has 0 aromatic heterocycles. The number of benzene rings is 1. The number of ketones is 2. The zero-order valence-electron chi connectivity index (χ0n) is 19.1. The van der Waals surface area contributed by atoms with Gasteiger partial charge in [-0.3, -0.25) is 19.3 Å². The van der Waals surface area contributed by atoms with E-state index in [1.165, 1.54) is 17.9 Å². The molecule has 0 spiro atoms. The molecule has 9 heteroatoms. The van der Waals surface area contributed by atoms with E-state index in [9.17, 15) is 34.8 Å². The van der Waals surface area contributed by atoms with Crippen LogP contribution in [0.2, 0.25) is 0 Å². The molecule has 3 aliphatic rings. The van der Waals surface area contributed by atoms with Gasteiger partial charge in [0, 0.05) is 17.4 Å². The molecule has 1 aromatic rings. The summed E-state index contributed by atoms with van der Waals surface area (Å²) in [6, 6.07) is 4.75. The number of carbonyl (C=O) groups excluding carboxylic acids is 3. The minimum absolute atomic E-state index is 0.0280. The quantitative estimate of drug-likeness (QED) is 0.326. The number of aromatic hydroxyl groups is 1. The maximum absolute atomic E-state index is 13.9. The summed E-state index contributed by atoms with van der Waals surface area (Å²) < 4.78 is 0. The standard InChI is InChI=1S/C24H28N2O7/c1-22(2)10-7-6-8-12(27)14(10)17(28)15-11(22)9-13-23(3,26(4)5)18(29)16(21(25)32)20(31)24(13,33)19(15)30/h6-8,11,13,27-29,33H,9H2,1-5H3,(H2,25,32)/t11?,13?,23-,24-/m0/s1. The van der Waals surface area contributed by atoms with Crippen LogP contribution in [0.25, 0.3) is 5.76 Å². The van der Waals surface area contributed by atoms with Crippen LogP contribution in [0.1, 0.15) is 38.3 Å². The lowest BCUT2D eigenvalue weighted by Gasteiger charge is -2.57. The van der Waals surface area contributed by atoms with Gasteiger partial charge in [-0.15, -0.1) is 0 Å². The third-order valence-corrected chi connectivity index (χ3v) is 8.16. The molecule has 9 nitrogen and oxygen atoms in total. The van der Waals surface area contributed by atoms with Crippen LogP contribution in [0.15, 0.2) is 35.1 Å². The van der Waals surface area contributed by atoms with E-state index in [-0.39, 0.29) is 23.3 Å². The molecule has 2 unspecified atom stereocenters. The van der Waals surface area contributed by atoms with Crippen molar-refractivity contribution in [2.75, 3.05) is 14.1 Å². The fraction of sp³-hybridized carbons (Fsp3) is 0.458. The number of nitrogens with zero attached hydrogens (tertiary/aromatic N) is 1. The summed E-state index contributed by atoms with van der Waals surface area (Å²) in [6.07, 6.45) is 0.0280. The van der Waals surface area contributed by atoms with Crippen LogP contribution in [0, 0.1) is 11.8 Å². The van der Waals surface area contributed by atoms with Gasteiger partial charge in [-0.05, 0) is 44.5 Å². The Bertz CT molecular complexity index is 1200. The summed E-state index contributed by atoms with van der Waals surface area (Å²) in [5.41, 5.74) is 0.00256. The van der Waals surface area contributed by atoms with E-state index >= 15 is 0 Å². The Balaban J connectivity index is 2.07. The van der Waals surface area contributed by atoms with Crippen molar-refractivity contribution < 1.29 is 34.8 Å². The predicted molar refractivity (Wildman–Crippen MR) is 118 cm³/mol. The normalized spacial score (nSPS) is 33.1. The fourth-order valence-electron chi connectivity index (χ4n) is 5.99. The van der Waals surface area contributed by atoms with Gasteiger partial charge in [0.25, 0.3) is 5.91 Å². The lowest BCUT2D eigenvalue weighted by atomic mass is 9.49. The van der Waals surface area contributed by atoms with E-state index in [4.69, 9.17) is 5.73 Å². The van der Waals surface area contributed by atoms with Gasteiger partial charge in [-0.25, -0.2) is 0 Å². The summed E-state index contributed by atoms with van der Waals surface area (Å²) in [5.74, 6) is -6.78. The number of nitrogens with two attached hydrogens (primary N) is 1. The first-order valence-corrected chi connectivity index (χ1v) is 10.6. The molecule has 0 saturated heterocycles. The number of phenolic OH excluding ortho intramolecular Hbond substituents is 1. The Morgan fingerprint density at radius 2 is 1.70 bits per heavy atom. The maximum Gasteiger partial charge on any atom is 0.255 e. The van der Waals surface area contributed by atoms with Crippen LogP contribution in [-0.2, 0) is 19.8 Å². The van der Waals surface area contributed by atoms with Crippen LogP contribution in [0.3, 0.4) is 0 Å². The molecule has 3 aliphatic carbocycles. The van der Waals surface area contributed by atoms with Crippen LogP contribution < -0.4 is 5.73 Å². The predicted octanol–water partition coefficient (Wildman–Crippen LogP) is 1.09. The second-order valence-corrected chi connectivity index (χ2v) is 10.1. The number of hydrogen-bond donors (Lipinski definition) is 5. The average Bonchev–Trinajstić information content (AvgIpc) is 2.72. The van der Waals surface area contributed by atoms with Gasteiger partial charge in [0.2, 0.25) is 11.6 Å². The van der Waals surface area contributed by atoms with Crippen LogP contribution >= 0.6 is 0 Å². The number of amides is 1. The molecule has 176 valence electrons. The zero-order valence-corrected chi connectivity index (χ0v) is 19.1. The molecular weight excluding hydrogens is 428 g/mol. The molecule has 0 heterocycles. The Morgan fingerprint density at radius 3 is 2.24 bits per heavy atom. The molecular formula is C24H28N2O7. The van der Waals surface area contributed by atoms with Crippen molar-refractivity contribution in [1.29, 1.82) is 0 Å². The van der Waals surface area contributed by atoms with Crippen LogP contribution in [0.4, 0.5) is 0 Å². The van der Waals surface area contributed by atoms with Crippen LogP contribution in [-0.4, -0.2) is 68.0 Å². The molecule has 33 heavy (non-hydrogen) atoms. The van der Waals surface area contributed by atoms with E-state index in [1.54, 1.807) is 26.2 Å². The Morgan fingerprint density at radius 1 is 1.09 bits per heavy atom. The van der Waals surface area contributed by atoms with Gasteiger partial charge in [-0.1, -0.05) is 26.0 Å². The Kier molecular flexibility index (Phi) is 4.65. The van der Waals surface area contributed by atoms with Crippen molar-refractivity contribution in [2.45, 2.75) is 43.7 Å². The van der Waals surface area contributed by atoms with Gasteiger partial charge >= 0.3 is 0 Å². The monoisotopic (exact) mass is 456 g/mol. The van der Waals surface area contributed by atoms with Gasteiger partial charge in [0.1, 0.15) is 22.8 Å². The molecule has 4 atom stereocenters.